The quantitative estimate of drug-likeness (QED) is 0.418. The predicted molar refractivity (Wildman–Crippen MR) is 101 cm³/mol. The lowest BCUT2D eigenvalue weighted by Gasteiger charge is -2.14. The summed E-state index contributed by atoms with van der Waals surface area (Å²) in [5.41, 5.74) is 0.705. The van der Waals surface area contributed by atoms with Crippen LogP contribution < -0.4 is 19.5 Å². The number of fused-ring (bicyclic) bond motifs is 1. The number of carbonyl (C=O) groups excluding carboxylic acids is 1. The molecule has 0 aromatic heterocycles. The van der Waals surface area contributed by atoms with Crippen molar-refractivity contribution >= 4 is 40.5 Å². The minimum atomic E-state index is -3.10. The molecule has 2 aromatic carbocycles. The molecule has 1 aliphatic heterocycles. The Kier molecular flexibility index (Phi) is 5.55. The number of carbonyl (C=O) groups is 1. The highest BCUT2D eigenvalue weighted by atomic mass is 35.5. The van der Waals surface area contributed by atoms with E-state index in [1.165, 1.54) is 44.6 Å². The number of hydrogen-bond acceptors (Lipinski definition) is 6. The number of nitrogens with one attached hydrogen (secondary N) is 1. The van der Waals surface area contributed by atoms with Gasteiger partial charge in [0, 0.05) is 17.2 Å². The van der Waals surface area contributed by atoms with E-state index in [4.69, 9.17) is 21.1 Å². The van der Waals surface area contributed by atoms with Crippen LogP contribution in [0.15, 0.2) is 24.3 Å². The molecular formula is C18H13ClF2N2O6. The smallest absolute Gasteiger partial charge is 0.387 e. The molecule has 0 spiro atoms. The number of benzene rings is 2. The highest BCUT2D eigenvalue weighted by Crippen LogP contribution is 2.43. The maximum absolute atomic E-state index is 12.7. The highest BCUT2D eigenvalue weighted by molar-refractivity contribution is 6.37. The molecule has 0 fully saturated rings. The Hall–Kier alpha value is -3.40. The number of methoxy groups -OCH3 is 2. The fraction of sp³-hybridized carbons (Fsp3) is 0.167. The van der Waals surface area contributed by atoms with Gasteiger partial charge in [-0.1, -0.05) is 11.6 Å². The summed E-state index contributed by atoms with van der Waals surface area (Å²) in [6, 6.07) is 5.20. The molecule has 3 rings (SSSR count). The zero-order chi connectivity index (χ0) is 21.3. The lowest BCUT2D eigenvalue weighted by atomic mass is 10.0. The van der Waals surface area contributed by atoms with Crippen LogP contribution in [0.2, 0.25) is 5.02 Å². The second-order valence-electron chi connectivity index (χ2n) is 5.75. The van der Waals surface area contributed by atoms with Crippen LogP contribution in [0.4, 0.5) is 20.2 Å². The van der Waals surface area contributed by atoms with Crippen molar-refractivity contribution in [2.45, 2.75) is 6.61 Å². The first kappa shape index (κ1) is 20.3. The Bertz CT molecular complexity index is 1020. The third kappa shape index (κ3) is 3.92. The van der Waals surface area contributed by atoms with Gasteiger partial charge in [0.25, 0.3) is 11.6 Å². The van der Waals surface area contributed by atoms with Crippen LogP contribution in [0, 0.1) is 10.1 Å². The van der Waals surface area contributed by atoms with Gasteiger partial charge in [-0.15, -0.1) is 0 Å². The summed E-state index contributed by atoms with van der Waals surface area (Å²) in [7, 11) is 2.51. The van der Waals surface area contributed by atoms with Crippen molar-refractivity contribution in [3.05, 3.63) is 50.5 Å². The maximum atomic E-state index is 12.7. The van der Waals surface area contributed by atoms with Gasteiger partial charge in [0.1, 0.15) is 5.02 Å². The third-order valence-corrected chi connectivity index (χ3v) is 4.37. The summed E-state index contributed by atoms with van der Waals surface area (Å²) in [5.74, 6) is -0.900. The van der Waals surface area contributed by atoms with Crippen LogP contribution in [0.5, 0.6) is 17.2 Å². The zero-order valence-electron chi connectivity index (χ0n) is 15.0. The molecule has 0 aliphatic carbocycles. The number of nitro benzene ring substituents is 1. The molecule has 1 N–H and O–H groups in total. The van der Waals surface area contributed by atoms with E-state index in [2.05, 4.69) is 10.1 Å². The number of ether oxygens (including phenoxy) is 3. The van der Waals surface area contributed by atoms with E-state index >= 15 is 0 Å². The molecule has 0 bridgehead atoms. The van der Waals surface area contributed by atoms with E-state index in [1.807, 2.05) is 0 Å². The fourth-order valence-corrected chi connectivity index (χ4v) is 3.07. The monoisotopic (exact) mass is 426 g/mol. The summed E-state index contributed by atoms with van der Waals surface area (Å²) in [4.78, 5) is 22.9. The van der Waals surface area contributed by atoms with Crippen LogP contribution in [-0.4, -0.2) is 31.7 Å². The SMILES string of the molecule is COc1cc(/C=C2/C(=O)Nc3cc(Cl)c([N+](=O)[O-])cc32)cc(OC)c1OC(F)F. The molecule has 1 aliphatic rings. The van der Waals surface area contributed by atoms with Crippen LogP contribution in [0.3, 0.4) is 0 Å². The molecule has 2 aromatic rings. The average molecular weight is 427 g/mol. The molecule has 0 radical (unpaired) electrons. The van der Waals surface area contributed by atoms with Crippen molar-refractivity contribution in [1.29, 1.82) is 0 Å². The molecule has 0 saturated heterocycles. The van der Waals surface area contributed by atoms with Gasteiger partial charge in [0.15, 0.2) is 11.5 Å². The minimum Gasteiger partial charge on any atom is -0.493 e. The van der Waals surface area contributed by atoms with Gasteiger partial charge < -0.3 is 19.5 Å². The van der Waals surface area contributed by atoms with E-state index in [0.717, 1.165) is 0 Å². The van der Waals surface area contributed by atoms with Crippen molar-refractivity contribution in [3.63, 3.8) is 0 Å². The van der Waals surface area contributed by atoms with Gasteiger partial charge in [0.05, 0.1) is 24.8 Å². The lowest BCUT2D eigenvalue weighted by Crippen LogP contribution is -2.06. The third-order valence-electron chi connectivity index (χ3n) is 4.07. The number of alkyl halides is 2. The second-order valence-corrected chi connectivity index (χ2v) is 6.16. The van der Waals surface area contributed by atoms with Gasteiger partial charge in [-0.25, -0.2) is 0 Å². The first-order valence-electron chi connectivity index (χ1n) is 7.97. The fourth-order valence-electron chi connectivity index (χ4n) is 2.84. The normalized spacial score (nSPS) is 14.0. The molecule has 152 valence electrons. The summed E-state index contributed by atoms with van der Waals surface area (Å²) in [6.07, 6.45) is 1.41. The largest absolute Gasteiger partial charge is 0.493 e. The van der Waals surface area contributed by atoms with Crippen LogP contribution in [-0.2, 0) is 4.79 Å². The molecule has 11 heteroatoms. The standard InChI is InChI=1S/C18H13ClF2N2O6/c1-27-14-4-8(5-15(28-2)16(14)29-18(20)21)3-10-9-6-13(23(25)26)11(19)7-12(9)22-17(10)24/h3-7,18H,1-2H3,(H,22,24)/b10-3+. The Morgan fingerprint density at radius 3 is 2.31 bits per heavy atom. The number of amides is 1. The molecule has 29 heavy (non-hydrogen) atoms. The molecule has 0 saturated carbocycles. The van der Waals surface area contributed by atoms with E-state index in [1.54, 1.807) is 0 Å². The van der Waals surface area contributed by atoms with Crippen LogP contribution in [0.25, 0.3) is 11.6 Å². The summed E-state index contributed by atoms with van der Waals surface area (Å²) >= 11 is 5.88. The Morgan fingerprint density at radius 2 is 1.79 bits per heavy atom. The Labute approximate surface area is 167 Å². The lowest BCUT2D eigenvalue weighted by molar-refractivity contribution is -0.384. The molecule has 0 atom stereocenters. The topological polar surface area (TPSA) is 99.9 Å². The van der Waals surface area contributed by atoms with E-state index in [-0.39, 0.29) is 39.1 Å². The number of rotatable bonds is 6. The van der Waals surface area contributed by atoms with Crippen molar-refractivity contribution in [2.24, 2.45) is 0 Å². The summed E-state index contributed by atoms with van der Waals surface area (Å²) in [5, 5.41) is 13.6. The van der Waals surface area contributed by atoms with Gasteiger partial charge >= 0.3 is 6.61 Å². The summed E-state index contributed by atoms with van der Waals surface area (Å²) < 4.78 is 39.9. The summed E-state index contributed by atoms with van der Waals surface area (Å²) in [6.45, 7) is -3.10. The van der Waals surface area contributed by atoms with Crippen molar-refractivity contribution in [2.75, 3.05) is 19.5 Å². The van der Waals surface area contributed by atoms with E-state index < -0.39 is 17.4 Å². The Balaban J connectivity index is 2.13. The van der Waals surface area contributed by atoms with Crippen LogP contribution in [0.1, 0.15) is 11.1 Å². The first-order chi connectivity index (χ1) is 13.7. The van der Waals surface area contributed by atoms with Gasteiger partial charge in [-0.2, -0.15) is 8.78 Å². The van der Waals surface area contributed by atoms with E-state index in [9.17, 15) is 23.7 Å². The number of halogens is 3. The molecular weight excluding hydrogens is 414 g/mol. The predicted octanol–water partition coefficient (Wildman–Crippen LogP) is 4.36. The van der Waals surface area contributed by atoms with Crippen molar-refractivity contribution in [1.82, 2.24) is 0 Å². The first-order valence-corrected chi connectivity index (χ1v) is 8.35. The second kappa shape index (κ2) is 7.92. The minimum absolute atomic E-state index is 0.0442. The highest BCUT2D eigenvalue weighted by Gasteiger charge is 2.29. The molecule has 1 amide bonds. The number of hydrogen-bond donors (Lipinski definition) is 1. The number of nitrogens with zero attached hydrogens (tertiary/aromatic N) is 1. The molecule has 8 nitrogen and oxygen atoms in total. The number of anilines is 1. The molecule has 1 heterocycles. The average Bonchev–Trinajstić information content (AvgIpc) is 2.95. The van der Waals surface area contributed by atoms with Gasteiger partial charge in [-0.3, -0.25) is 14.9 Å². The van der Waals surface area contributed by atoms with Gasteiger partial charge in [-0.05, 0) is 29.8 Å². The number of nitro groups is 1. The maximum Gasteiger partial charge on any atom is 0.387 e. The van der Waals surface area contributed by atoms with Crippen LogP contribution >= 0.6 is 11.6 Å². The zero-order valence-corrected chi connectivity index (χ0v) is 15.8. The van der Waals surface area contributed by atoms with Gasteiger partial charge in [0.2, 0.25) is 5.75 Å². The van der Waals surface area contributed by atoms with Crippen molar-refractivity contribution in [3.8, 4) is 17.2 Å². The van der Waals surface area contributed by atoms with E-state index in [0.29, 0.717) is 11.3 Å². The molecule has 0 unspecified atom stereocenters. The Morgan fingerprint density at radius 1 is 1.17 bits per heavy atom. The van der Waals surface area contributed by atoms with Crippen molar-refractivity contribution < 1.29 is 32.7 Å².